The lowest BCUT2D eigenvalue weighted by Gasteiger charge is -2.44. The highest BCUT2D eigenvalue weighted by atomic mass is 79.9. The zero-order valence-electron chi connectivity index (χ0n) is 12.3. The molecular formula is C16H21BrN2O2. The molecule has 0 radical (unpaired) electrons. The first-order valence-electron chi connectivity index (χ1n) is 7.56. The largest absolute Gasteiger partial charge is 0.496 e. The van der Waals surface area contributed by atoms with Crippen LogP contribution in [0.1, 0.15) is 29.6 Å². The van der Waals surface area contributed by atoms with Gasteiger partial charge in [-0.2, -0.15) is 0 Å². The minimum absolute atomic E-state index is 0.128. The Morgan fingerprint density at radius 1 is 1.29 bits per heavy atom. The van der Waals surface area contributed by atoms with Crippen LogP contribution in [0, 0.1) is 0 Å². The lowest BCUT2D eigenvalue weighted by Crippen LogP contribution is -2.56. The Morgan fingerprint density at radius 2 is 2.14 bits per heavy atom. The third-order valence-electron chi connectivity index (χ3n) is 4.52. The number of fused-ring (bicyclic) bond motifs is 1. The van der Waals surface area contributed by atoms with Gasteiger partial charge in [0.1, 0.15) is 5.75 Å². The highest BCUT2D eigenvalue weighted by Gasteiger charge is 2.31. The molecule has 1 atom stereocenters. The van der Waals surface area contributed by atoms with E-state index >= 15 is 0 Å². The quantitative estimate of drug-likeness (QED) is 0.820. The van der Waals surface area contributed by atoms with Crippen molar-refractivity contribution in [2.75, 3.05) is 33.3 Å². The predicted octanol–water partition coefficient (Wildman–Crippen LogP) is 2.77. The molecule has 0 saturated carbocycles. The van der Waals surface area contributed by atoms with Crippen LogP contribution in [0.15, 0.2) is 22.7 Å². The van der Waals surface area contributed by atoms with Gasteiger partial charge in [-0.1, -0.05) is 6.42 Å². The van der Waals surface area contributed by atoms with E-state index in [-0.39, 0.29) is 5.91 Å². The summed E-state index contributed by atoms with van der Waals surface area (Å²) in [6.45, 7) is 3.90. The molecule has 0 N–H and O–H groups in total. The number of halogens is 1. The summed E-state index contributed by atoms with van der Waals surface area (Å²) in [7, 11) is 1.63. The molecule has 0 aliphatic carbocycles. The summed E-state index contributed by atoms with van der Waals surface area (Å²) in [5.41, 5.74) is 0.729. The van der Waals surface area contributed by atoms with E-state index in [1.807, 2.05) is 23.1 Å². The van der Waals surface area contributed by atoms with Crippen LogP contribution in [0.25, 0.3) is 0 Å². The van der Waals surface area contributed by atoms with Crippen LogP contribution in [0.2, 0.25) is 0 Å². The van der Waals surface area contributed by atoms with Gasteiger partial charge in [0.2, 0.25) is 0 Å². The number of piperidine rings is 1. The van der Waals surface area contributed by atoms with Crippen LogP contribution < -0.4 is 4.74 Å². The molecular weight excluding hydrogens is 332 g/mol. The minimum atomic E-state index is 0.128. The van der Waals surface area contributed by atoms with Crippen molar-refractivity contribution in [1.82, 2.24) is 9.80 Å². The van der Waals surface area contributed by atoms with Gasteiger partial charge in [0.25, 0.3) is 5.91 Å². The van der Waals surface area contributed by atoms with Gasteiger partial charge in [-0.25, -0.2) is 0 Å². The molecule has 1 aromatic carbocycles. The van der Waals surface area contributed by atoms with E-state index in [1.165, 1.54) is 25.8 Å². The third kappa shape index (κ3) is 3.09. The number of piperazine rings is 1. The first-order chi connectivity index (χ1) is 10.2. The molecule has 3 rings (SSSR count). The van der Waals surface area contributed by atoms with E-state index in [4.69, 9.17) is 4.74 Å². The summed E-state index contributed by atoms with van der Waals surface area (Å²) >= 11 is 3.45. The van der Waals surface area contributed by atoms with E-state index in [1.54, 1.807) is 7.11 Å². The van der Waals surface area contributed by atoms with Gasteiger partial charge >= 0.3 is 0 Å². The highest BCUT2D eigenvalue weighted by Crippen LogP contribution is 2.27. The molecule has 2 heterocycles. The Bertz CT molecular complexity index is 535. The predicted molar refractivity (Wildman–Crippen MR) is 85.8 cm³/mol. The van der Waals surface area contributed by atoms with Crippen molar-refractivity contribution in [2.24, 2.45) is 0 Å². The molecule has 2 saturated heterocycles. The smallest absolute Gasteiger partial charge is 0.253 e. The molecule has 0 bridgehead atoms. The Hall–Kier alpha value is -1.07. The summed E-state index contributed by atoms with van der Waals surface area (Å²) in [4.78, 5) is 17.2. The lowest BCUT2D eigenvalue weighted by molar-refractivity contribution is 0.0372. The molecule has 2 aliphatic rings. The normalized spacial score (nSPS) is 22.8. The molecule has 1 unspecified atom stereocenters. The molecule has 1 aromatic rings. The van der Waals surface area contributed by atoms with Crippen molar-refractivity contribution in [2.45, 2.75) is 25.3 Å². The summed E-state index contributed by atoms with van der Waals surface area (Å²) < 4.78 is 6.04. The van der Waals surface area contributed by atoms with Crippen molar-refractivity contribution in [1.29, 1.82) is 0 Å². The Morgan fingerprint density at radius 3 is 2.90 bits per heavy atom. The molecule has 2 aliphatic heterocycles. The number of benzene rings is 1. The first kappa shape index (κ1) is 14.9. The summed E-state index contributed by atoms with van der Waals surface area (Å²) in [6, 6.07) is 6.10. The van der Waals surface area contributed by atoms with Gasteiger partial charge in [0, 0.05) is 31.2 Å². The molecule has 114 valence electrons. The summed E-state index contributed by atoms with van der Waals surface area (Å²) in [5.74, 6) is 0.882. The molecule has 2 fully saturated rings. The fraction of sp³-hybridized carbons (Fsp3) is 0.562. The average Bonchev–Trinajstić information content (AvgIpc) is 2.53. The second-order valence-corrected chi connectivity index (χ2v) is 6.64. The molecule has 21 heavy (non-hydrogen) atoms. The van der Waals surface area contributed by atoms with Gasteiger partial charge in [-0.05, 0) is 53.5 Å². The fourth-order valence-corrected chi connectivity index (χ4v) is 3.86. The molecule has 4 nitrogen and oxygen atoms in total. The molecule has 1 amide bonds. The van der Waals surface area contributed by atoms with Crippen LogP contribution in [0.3, 0.4) is 0 Å². The zero-order valence-corrected chi connectivity index (χ0v) is 13.9. The van der Waals surface area contributed by atoms with Gasteiger partial charge in [-0.3, -0.25) is 9.69 Å². The van der Waals surface area contributed by atoms with Crippen molar-refractivity contribution in [3.8, 4) is 5.75 Å². The maximum Gasteiger partial charge on any atom is 0.253 e. The summed E-state index contributed by atoms with van der Waals surface area (Å²) in [5, 5.41) is 0. The zero-order chi connectivity index (χ0) is 14.8. The van der Waals surface area contributed by atoms with E-state index in [0.717, 1.165) is 35.4 Å². The minimum Gasteiger partial charge on any atom is -0.496 e. The number of methoxy groups -OCH3 is 1. The Balaban J connectivity index is 1.71. The number of amides is 1. The highest BCUT2D eigenvalue weighted by molar-refractivity contribution is 9.10. The molecule has 5 heteroatoms. The third-order valence-corrected chi connectivity index (χ3v) is 5.14. The average molecular weight is 353 g/mol. The maximum absolute atomic E-state index is 12.7. The van der Waals surface area contributed by atoms with Gasteiger partial charge < -0.3 is 9.64 Å². The van der Waals surface area contributed by atoms with Gasteiger partial charge in [0.05, 0.1) is 11.6 Å². The topological polar surface area (TPSA) is 32.8 Å². The van der Waals surface area contributed by atoms with Crippen LogP contribution in [0.5, 0.6) is 5.75 Å². The number of carbonyl (C=O) groups excluding carboxylic acids is 1. The van der Waals surface area contributed by atoms with E-state index in [9.17, 15) is 4.79 Å². The standard InChI is InChI=1S/C16H21BrN2O2/c1-21-15-6-5-12(10-14(15)17)16(20)19-9-8-18-7-3-2-4-13(18)11-19/h5-6,10,13H,2-4,7-9,11H2,1H3. The Kier molecular flexibility index (Phi) is 4.50. The van der Waals surface area contributed by atoms with Crippen LogP contribution in [-0.4, -0.2) is 55.0 Å². The fourth-order valence-electron chi connectivity index (χ4n) is 3.32. The monoisotopic (exact) mass is 352 g/mol. The molecule has 0 spiro atoms. The lowest BCUT2D eigenvalue weighted by atomic mass is 9.99. The van der Waals surface area contributed by atoms with Crippen LogP contribution in [0.4, 0.5) is 0 Å². The first-order valence-corrected chi connectivity index (χ1v) is 8.35. The summed E-state index contributed by atoms with van der Waals surface area (Å²) in [6.07, 6.45) is 3.81. The number of hydrogen-bond donors (Lipinski definition) is 0. The Labute approximate surface area is 134 Å². The maximum atomic E-state index is 12.7. The van der Waals surface area contributed by atoms with Gasteiger partial charge in [-0.15, -0.1) is 0 Å². The second-order valence-electron chi connectivity index (χ2n) is 5.79. The number of ether oxygens (including phenoxy) is 1. The van der Waals surface area contributed by atoms with Crippen molar-refractivity contribution in [3.05, 3.63) is 28.2 Å². The van der Waals surface area contributed by atoms with Crippen molar-refractivity contribution >= 4 is 21.8 Å². The van der Waals surface area contributed by atoms with Crippen LogP contribution in [-0.2, 0) is 0 Å². The number of rotatable bonds is 2. The van der Waals surface area contributed by atoms with E-state index in [2.05, 4.69) is 20.8 Å². The number of hydrogen-bond acceptors (Lipinski definition) is 3. The van der Waals surface area contributed by atoms with Crippen molar-refractivity contribution in [3.63, 3.8) is 0 Å². The number of nitrogens with zero attached hydrogens (tertiary/aromatic N) is 2. The van der Waals surface area contributed by atoms with Gasteiger partial charge in [0.15, 0.2) is 0 Å². The van der Waals surface area contributed by atoms with E-state index < -0.39 is 0 Å². The molecule has 0 aromatic heterocycles. The van der Waals surface area contributed by atoms with Crippen molar-refractivity contribution < 1.29 is 9.53 Å². The number of carbonyl (C=O) groups is 1. The SMILES string of the molecule is COc1ccc(C(=O)N2CCN3CCCCC3C2)cc1Br. The second kappa shape index (κ2) is 6.36. The van der Waals surface area contributed by atoms with E-state index in [0.29, 0.717) is 6.04 Å². The van der Waals surface area contributed by atoms with Crippen LogP contribution >= 0.6 is 15.9 Å².